The summed E-state index contributed by atoms with van der Waals surface area (Å²) in [5.74, 6) is -1.44. The zero-order valence-corrected chi connectivity index (χ0v) is 12.0. The van der Waals surface area contributed by atoms with Crippen LogP contribution >= 0.6 is 11.6 Å². The van der Waals surface area contributed by atoms with Gasteiger partial charge in [0.05, 0.1) is 16.5 Å². The van der Waals surface area contributed by atoms with E-state index in [1.54, 1.807) is 0 Å². The van der Waals surface area contributed by atoms with Gasteiger partial charge in [0.2, 0.25) is 0 Å². The predicted molar refractivity (Wildman–Crippen MR) is 83.8 cm³/mol. The Balaban J connectivity index is 2.01. The Morgan fingerprint density at radius 2 is 1.86 bits per heavy atom. The van der Waals surface area contributed by atoms with E-state index in [1.807, 2.05) is 65.4 Å². The number of rotatable bonds is 4. The predicted octanol–water partition coefficient (Wildman–Crippen LogP) is 4.16. The van der Waals surface area contributed by atoms with Crippen LogP contribution in [0.25, 0.3) is 10.9 Å². The normalized spacial score (nSPS) is 12.4. The molecule has 0 fully saturated rings. The topological polar surface area (TPSA) is 42.2 Å². The summed E-state index contributed by atoms with van der Waals surface area (Å²) < 4.78 is 1.91. The largest absolute Gasteiger partial charge is 0.481 e. The third kappa shape index (κ3) is 2.65. The number of carbonyl (C=O) groups is 1. The molecule has 4 heteroatoms. The smallest absolute Gasteiger partial charge is 0.312 e. The molecule has 21 heavy (non-hydrogen) atoms. The van der Waals surface area contributed by atoms with Gasteiger partial charge in [-0.3, -0.25) is 4.79 Å². The lowest BCUT2D eigenvalue weighted by atomic mass is 9.99. The molecule has 1 unspecified atom stereocenters. The average molecular weight is 300 g/mol. The van der Waals surface area contributed by atoms with Crippen LogP contribution in [-0.4, -0.2) is 15.6 Å². The molecule has 3 rings (SSSR count). The Morgan fingerprint density at radius 3 is 2.57 bits per heavy atom. The number of carboxylic acids is 1. The quantitative estimate of drug-likeness (QED) is 0.786. The molecule has 0 spiro atoms. The van der Waals surface area contributed by atoms with Gasteiger partial charge < -0.3 is 9.67 Å². The van der Waals surface area contributed by atoms with Crippen LogP contribution in [0, 0.1) is 0 Å². The minimum absolute atomic E-state index is 0.354. The summed E-state index contributed by atoms with van der Waals surface area (Å²) in [7, 11) is 0. The van der Waals surface area contributed by atoms with Crippen molar-refractivity contribution < 1.29 is 9.90 Å². The van der Waals surface area contributed by atoms with E-state index >= 15 is 0 Å². The lowest BCUT2D eigenvalue weighted by Gasteiger charge is -2.15. The number of hydrogen-bond donors (Lipinski definition) is 1. The first kappa shape index (κ1) is 13.7. The third-order valence-electron chi connectivity index (χ3n) is 3.62. The molecule has 1 atom stereocenters. The van der Waals surface area contributed by atoms with Crippen molar-refractivity contribution in [1.82, 2.24) is 4.57 Å². The zero-order chi connectivity index (χ0) is 14.8. The standard InChI is InChI=1S/C17H14ClNO2/c18-15-8-4-7-13-9-10-19(16(13)15)11-14(17(20)21)12-5-2-1-3-6-12/h1-10,14H,11H2,(H,20,21). The lowest BCUT2D eigenvalue weighted by molar-refractivity contribution is -0.139. The van der Waals surface area contributed by atoms with Crippen molar-refractivity contribution in [3.8, 4) is 0 Å². The van der Waals surface area contributed by atoms with Gasteiger partial charge in [-0.2, -0.15) is 0 Å². The lowest BCUT2D eigenvalue weighted by Crippen LogP contribution is -2.17. The van der Waals surface area contributed by atoms with Crippen LogP contribution in [0.15, 0.2) is 60.8 Å². The van der Waals surface area contributed by atoms with Gasteiger partial charge in [-0.05, 0) is 17.7 Å². The first-order chi connectivity index (χ1) is 10.2. The molecule has 3 nitrogen and oxygen atoms in total. The van der Waals surface area contributed by atoms with E-state index in [9.17, 15) is 9.90 Å². The minimum Gasteiger partial charge on any atom is -0.481 e. The van der Waals surface area contributed by atoms with Crippen LogP contribution in [-0.2, 0) is 11.3 Å². The van der Waals surface area contributed by atoms with E-state index in [2.05, 4.69) is 0 Å². The van der Waals surface area contributed by atoms with Crippen molar-refractivity contribution in [2.45, 2.75) is 12.5 Å². The summed E-state index contributed by atoms with van der Waals surface area (Å²) >= 11 is 6.24. The highest BCUT2D eigenvalue weighted by Gasteiger charge is 2.21. The van der Waals surface area contributed by atoms with Gasteiger partial charge in [-0.1, -0.05) is 54.1 Å². The Morgan fingerprint density at radius 1 is 1.10 bits per heavy atom. The van der Waals surface area contributed by atoms with Gasteiger partial charge in [0.15, 0.2) is 0 Å². The molecule has 2 aromatic carbocycles. The van der Waals surface area contributed by atoms with Crippen molar-refractivity contribution >= 4 is 28.5 Å². The van der Waals surface area contributed by atoms with E-state index < -0.39 is 11.9 Å². The first-order valence-electron chi connectivity index (χ1n) is 6.68. The summed E-state index contributed by atoms with van der Waals surface area (Å²) in [4.78, 5) is 11.6. The van der Waals surface area contributed by atoms with Crippen molar-refractivity contribution in [3.63, 3.8) is 0 Å². The fraction of sp³-hybridized carbons (Fsp3) is 0.118. The van der Waals surface area contributed by atoms with Gasteiger partial charge in [0.25, 0.3) is 0 Å². The van der Waals surface area contributed by atoms with Gasteiger partial charge in [-0.15, -0.1) is 0 Å². The number of para-hydroxylation sites is 1. The monoisotopic (exact) mass is 299 g/mol. The van der Waals surface area contributed by atoms with Gasteiger partial charge >= 0.3 is 5.97 Å². The maximum absolute atomic E-state index is 11.6. The molecule has 0 aliphatic heterocycles. The molecule has 0 radical (unpaired) electrons. The van der Waals surface area contributed by atoms with Crippen LogP contribution < -0.4 is 0 Å². The Bertz CT molecular complexity index is 780. The first-order valence-corrected chi connectivity index (χ1v) is 7.06. The second-order valence-electron chi connectivity index (χ2n) is 4.95. The number of benzene rings is 2. The van der Waals surface area contributed by atoms with Crippen molar-refractivity contribution in [2.24, 2.45) is 0 Å². The molecule has 106 valence electrons. The molecule has 1 N–H and O–H groups in total. The molecule has 0 aliphatic rings. The molecular weight excluding hydrogens is 286 g/mol. The Labute approximate surface area is 127 Å². The highest BCUT2D eigenvalue weighted by Crippen LogP contribution is 2.27. The number of aromatic nitrogens is 1. The van der Waals surface area contributed by atoms with Crippen LogP contribution in [0.1, 0.15) is 11.5 Å². The minimum atomic E-state index is -0.838. The summed E-state index contributed by atoms with van der Waals surface area (Å²) in [6, 6.07) is 16.9. The van der Waals surface area contributed by atoms with E-state index in [4.69, 9.17) is 11.6 Å². The Kier molecular flexibility index (Phi) is 3.67. The van der Waals surface area contributed by atoms with Crippen LogP contribution in [0.3, 0.4) is 0 Å². The van der Waals surface area contributed by atoms with Crippen LogP contribution in [0.4, 0.5) is 0 Å². The highest BCUT2D eigenvalue weighted by atomic mass is 35.5. The summed E-state index contributed by atoms with van der Waals surface area (Å²) in [6.45, 7) is 0.354. The van der Waals surface area contributed by atoms with Crippen molar-refractivity contribution in [2.75, 3.05) is 0 Å². The molecule has 0 saturated carbocycles. The fourth-order valence-electron chi connectivity index (χ4n) is 2.57. The molecule has 1 heterocycles. The van der Waals surface area contributed by atoms with Crippen LogP contribution in [0.5, 0.6) is 0 Å². The molecular formula is C17H14ClNO2. The second-order valence-corrected chi connectivity index (χ2v) is 5.35. The number of halogens is 1. The maximum atomic E-state index is 11.6. The summed E-state index contributed by atoms with van der Waals surface area (Å²) in [5.41, 5.74) is 1.67. The van der Waals surface area contributed by atoms with Gasteiger partial charge in [-0.25, -0.2) is 0 Å². The van der Waals surface area contributed by atoms with E-state index in [0.29, 0.717) is 11.6 Å². The van der Waals surface area contributed by atoms with Gasteiger partial charge in [0, 0.05) is 18.1 Å². The SMILES string of the molecule is O=C(O)C(Cn1ccc2cccc(Cl)c21)c1ccccc1. The average Bonchev–Trinajstić information content (AvgIpc) is 2.90. The van der Waals surface area contributed by atoms with E-state index in [0.717, 1.165) is 16.5 Å². The molecule has 0 saturated heterocycles. The molecule has 1 aromatic heterocycles. The fourth-order valence-corrected chi connectivity index (χ4v) is 2.87. The molecule has 0 aliphatic carbocycles. The number of aliphatic carboxylic acids is 1. The number of nitrogens with zero attached hydrogens (tertiary/aromatic N) is 1. The summed E-state index contributed by atoms with van der Waals surface area (Å²) in [5, 5.41) is 11.2. The van der Waals surface area contributed by atoms with E-state index in [1.165, 1.54) is 0 Å². The Hall–Kier alpha value is -2.26. The second kappa shape index (κ2) is 5.62. The maximum Gasteiger partial charge on any atom is 0.312 e. The zero-order valence-electron chi connectivity index (χ0n) is 11.2. The van der Waals surface area contributed by atoms with Gasteiger partial charge in [0.1, 0.15) is 0 Å². The van der Waals surface area contributed by atoms with Crippen molar-refractivity contribution in [3.05, 3.63) is 71.4 Å². The molecule has 0 amide bonds. The molecule has 3 aromatic rings. The third-order valence-corrected chi connectivity index (χ3v) is 3.92. The number of carboxylic acid groups (broad SMARTS) is 1. The number of hydrogen-bond acceptors (Lipinski definition) is 1. The number of fused-ring (bicyclic) bond motifs is 1. The van der Waals surface area contributed by atoms with Crippen LogP contribution in [0.2, 0.25) is 5.02 Å². The van der Waals surface area contributed by atoms with Crippen molar-refractivity contribution in [1.29, 1.82) is 0 Å². The highest BCUT2D eigenvalue weighted by molar-refractivity contribution is 6.35. The van der Waals surface area contributed by atoms with E-state index in [-0.39, 0.29) is 0 Å². The summed E-state index contributed by atoms with van der Waals surface area (Å²) in [6.07, 6.45) is 1.88. The molecule has 0 bridgehead atoms.